The van der Waals surface area contributed by atoms with Crippen molar-refractivity contribution in [2.45, 2.75) is 6.92 Å². The fourth-order valence-electron chi connectivity index (χ4n) is 0.983. The minimum absolute atomic E-state index is 0.936. The first-order valence-corrected chi connectivity index (χ1v) is 4.32. The maximum absolute atomic E-state index is 4.19. The smallest absolute Gasteiger partial charge is 0.168 e. The zero-order chi connectivity index (χ0) is 7.84. The summed E-state index contributed by atoms with van der Waals surface area (Å²) in [6.07, 6.45) is 3.62. The molecule has 2 rings (SSSR count). The topological polar surface area (TPSA) is 30.2 Å². The van der Waals surface area contributed by atoms with E-state index in [1.54, 1.807) is 6.20 Å². The minimum Gasteiger partial charge on any atom is -0.236 e. The highest BCUT2D eigenvalue weighted by Crippen LogP contribution is 2.10. The van der Waals surface area contributed by atoms with Crippen molar-refractivity contribution < 1.29 is 0 Å². The minimum atomic E-state index is 0.936. The number of aromatic nitrogens is 3. The van der Waals surface area contributed by atoms with Gasteiger partial charge in [-0.05, 0) is 35.6 Å². The zero-order valence-corrected chi connectivity index (χ0v) is 8.11. The van der Waals surface area contributed by atoms with Gasteiger partial charge in [-0.15, -0.1) is 0 Å². The molecule has 4 heteroatoms. The Morgan fingerprint density at radius 2 is 2.36 bits per heavy atom. The molecule has 0 aromatic carbocycles. The molecule has 0 aliphatic heterocycles. The molecule has 2 aromatic rings. The monoisotopic (exact) mass is 259 g/mol. The van der Waals surface area contributed by atoms with Crippen molar-refractivity contribution in [1.82, 2.24) is 14.6 Å². The van der Waals surface area contributed by atoms with Gasteiger partial charge in [0.2, 0.25) is 0 Å². The molecule has 0 radical (unpaired) electrons. The Morgan fingerprint density at radius 3 is 3.09 bits per heavy atom. The molecule has 0 atom stereocenters. The van der Waals surface area contributed by atoms with Crippen molar-refractivity contribution in [1.29, 1.82) is 0 Å². The van der Waals surface area contributed by atoms with Crippen LogP contribution in [0.4, 0.5) is 0 Å². The van der Waals surface area contributed by atoms with E-state index in [1.165, 1.54) is 0 Å². The van der Waals surface area contributed by atoms with Crippen LogP contribution in [0.15, 0.2) is 18.5 Å². The number of hydrogen-bond donors (Lipinski definition) is 0. The van der Waals surface area contributed by atoms with E-state index >= 15 is 0 Å². The van der Waals surface area contributed by atoms with Gasteiger partial charge in [-0.3, -0.25) is 0 Å². The van der Waals surface area contributed by atoms with Gasteiger partial charge in [0.05, 0.1) is 9.77 Å². The lowest BCUT2D eigenvalue weighted by molar-refractivity contribution is 0.895. The standard InChI is InChI=1S/C7H6IN3/c1-5-2-3-9-7-6(8)4-10-11(5)7/h2-4H,1H3. The third-order valence-corrected chi connectivity index (χ3v) is 2.31. The van der Waals surface area contributed by atoms with E-state index < -0.39 is 0 Å². The Hall–Kier alpha value is -0.650. The molecule has 0 amide bonds. The Bertz CT molecular complexity index is 393. The van der Waals surface area contributed by atoms with Crippen molar-refractivity contribution in [3.8, 4) is 0 Å². The van der Waals surface area contributed by atoms with Crippen LogP contribution in [0.2, 0.25) is 0 Å². The van der Waals surface area contributed by atoms with Crippen LogP contribution in [0, 0.1) is 10.5 Å². The van der Waals surface area contributed by atoms with Crippen molar-refractivity contribution >= 4 is 28.2 Å². The van der Waals surface area contributed by atoms with Crippen molar-refractivity contribution in [2.24, 2.45) is 0 Å². The molecule has 0 saturated heterocycles. The highest BCUT2D eigenvalue weighted by atomic mass is 127. The van der Waals surface area contributed by atoms with Gasteiger partial charge >= 0.3 is 0 Å². The van der Waals surface area contributed by atoms with Crippen LogP contribution < -0.4 is 0 Å². The van der Waals surface area contributed by atoms with E-state index in [0.717, 1.165) is 14.9 Å². The molecule has 0 bridgehead atoms. The molecule has 0 aliphatic rings. The van der Waals surface area contributed by atoms with Crippen LogP contribution in [-0.4, -0.2) is 14.6 Å². The summed E-state index contributed by atoms with van der Waals surface area (Å²) < 4.78 is 2.92. The molecule has 2 aromatic heterocycles. The molecular formula is C7H6IN3. The molecule has 0 N–H and O–H groups in total. The van der Waals surface area contributed by atoms with Gasteiger partial charge < -0.3 is 0 Å². The summed E-state index contributed by atoms with van der Waals surface area (Å²) >= 11 is 2.22. The van der Waals surface area contributed by atoms with E-state index in [2.05, 4.69) is 32.7 Å². The maximum Gasteiger partial charge on any atom is 0.168 e. The third-order valence-electron chi connectivity index (χ3n) is 1.55. The van der Waals surface area contributed by atoms with Crippen LogP contribution in [0.25, 0.3) is 5.65 Å². The molecular weight excluding hydrogens is 253 g/mol. The normalized spacial score (nSPS) is 10.7. The number of nitrogens with zero attached hydrogens (tertiary/aromatic N) is 3. The lowest BCUT2D eigenvalue weighted by Crippen LogP contribution is -1.93. The summed E-state index contributed by atoms with van der Waals surface area (Å²) in [6.45, 7) is 2.01. The molecule has 0 unspecified atom stereocenters. The van der Waals surface area contributed by atoms with Crippen molar-refractivity contribution in [3.05, 3.63) is 27.7 Å². The lowest BCUT2D eigenvalue weighted by atomic mass is 10.4. The number of rotatable bonds is 0. The second-order valence-electron chi connectivity index (χ2n) is 2.31. The summed E-state index contributed by atoms with van der Waals surface area (Å²) in [5.74, 6) is 0. The predicted molar refractivity (Wildman–Crippen MR) is 50.4 cm³/mol. The zero-order valence-electron chi connectivity index (χ0n) is 5.95. The largest absolute Gasteiger partial charge is 0.236 e. The summed E-state index contributed by atoms with van der Waals surface area (Å²) in [7, 11) is 0. The lowest BCUT2D eigenvalue weighted by Gasteiger charge is -1.95. The number of hydrogen-bond acceptors (Lipinski definition) is 2. The van der Waals surface area contributed by atoms with Crippen LogP contribution >= 0.6 is 22.6 Å². The van der Waals surface area contributed by atoms with Gasteiger partial charge in [-0.1, -0.05) is 0 Å². The van der Waals surface area contributed by atoms with Gasteiger partial charge in [0.1, 0.15) is 0 Å². The average Bonchev–Trinajstić information content (AvgIpc) is 2.35. The van der Waals surface area contributed by atoms with Gasteiger partial charge in [0.15, 0.2) is 5.65 Å². The predicted octanol–water partition coefficient (Wildman–Crippen LogP) is 1.64. The first-order chi connectivity index (χ1) is 5.29. The second kappa shape index (κ2) is 2.44. The maximum atomic E-state index is 4.19. The van der Waals surface area contributed by atoms with Gasteiger partial charge in [-0.2, -0.15) is 5.10 Å². The van der Waals surface area contributed by atoms with Crippen molar-refractivity contribution in [2.75, 3.05) is 0 Å². The molecule has 56 valence electrons. The van der Waals surface area contributed by atoms with Gasteiger partial charge in [0.25, 0.3) is 0 Å². The SMILES string of the molecule is Cc1ccnc2c(I)cnn12. The van der Waals surface area contributed by atoms with Crippen LogP contribution in [0.1, 0.15) is 5.69 Å². The Kier molecular flexibility index (Phi) is 1.56. The highest BCUT2D eigenvalue weighted by molar-refractivity contribution is 14.1. The van der Waals surface area contributed by atoms with Crippen molar-refractivity contribution in [3.63, 3.8) is 0 Å². The van der Waals surface area contributed by atoms with E-state index in [4.69, 9.17) is 0 Å². The van der Waals surface area contributed by atoms with Crippen LogP contribution in [0.3, 0.4) is 0 Å². The molecule has 3 nitrogen and oxygen atoms in total. The second-order valence-corrected chi connectivity index (χ2v) is 3.48. The first-order valence-electron chi connectivity index (χ1n) is 3.24. The summed E-state index contributed by atoms with van der Waals surface area (Å²) in [4.78, 5) is 4.19. The van der Waals surface area contributed by atoms with Gasteiger partial charge in [-0.25, -0.2) is 9.50 Å². The molecule has 0 aliphatic carbocycles. The first kappa shape index (κ1) is 7.02. The third kappa shape index (κ3) is 1.01. The Balaban J connectivity index is 2.94. The van der Waals surface area contributed by atoms with E-state index in [-0.39, 0.29) is 0 Å². The fourth-order valence-corrected chi connectivity index (χ4v) is 1.48. The van der Waals surface area contributed by atoms with Crippen LogP contribution in [-0.2, 0) is 0 Å². The Labute approximate surface area is 77.6 Å². The molecule has 0 spiro atoms. The highest BCUT2D eigenvalue weighted by Gasteiger charge is 2.01. The number of halogens is 1. The molecule has 2 heterocycles. The average molecular weight is 259 g/mol. The van der Waals surface area contributed by atoms with E-state index in [1.807, 2.05) is 23.7 Å². The molecule has 0 fully saturated rings. The van der Waals surface area contributed by atoms with E-state index in [0.29, 0.717) is 0 Å². The Morgan fingerprint density at radius 1 is 1.55 bits per heavy atom. The summed E-state index contributed by atoms with van der Waals surface area (Å²) in [6, 6.07) is 1.94. The van der Waals surface area contributed by atoms with Crippen LogP contribution in [0.5, 0.6) is 0 Å². The number of aryl methyl sites for hydroxylation is 1. The fraction of sp³-hybridized carbons (Fsp3) is 0.143. The van der Waals surface area contributed by atoms with Gasteiger partial charge in [0, 0.05) is 11.9 Å². The number of fused-ring (bicyclic) bond motifs is 1. The summed E-state index contributed by atoms with van der Waals surface area (Å²) in [5, 5.41) is 4.16. The quantitative estimate of drug-likeness (QED) is 0.673. The molecule has 0 saturated carbocycles. The summed E-state index contributed by atoms with van der Waals surface area (Å²) in [5.41, 5.74) is 2.04. The van der Waals surface area contributed by atoms with E-state index in [9.17, 15) is 0 Å². The molecule has 11 heavy (non-hydrogen) atoms.